The summed E-state index contributed by atoms with van der Waals surface area (Å²) in [6.07, 6.45) is 5.03. The molecular weight excluding hydrogens is 334 g/mol. The molecule has 4 aromatic heterocycles. The Morgan fingerprint density at radius 1 is 1.20 bits per heavy atom. The van der Waals surface area contributed by atoms with Crippen LogP contribution >= 0.6 is 11.3 Å². The molecule has 0 fully saturated rings. The van der Waals surface area contributed by atoms with Gasteiger partial charge >= 0.3 is 0 Å². The normalized spacial score (nSPS) is 10.9. The van der Waals surface area contributed by atoms with Gasteiger partial charge in [-0.25, -0.2) is 9.67 Å². The molecule has 25 heavy (non-hydrogen) atoms. The second kappa shape index (κ2) is 6.45. The molecule has 0 saturated heterocycles. The molecule has 4 heterocycles. The van der Waals surface area contributed by atoms with E-state index in [0.717, 1.165) is 21.5 Å². The van der Waals surface area contributed by atoms with Crippen molar-refractivity contribution in [2.24, 2.45) is 0 Å². The van der Waals surface area contributed by atoms with Gasteiger partial charge in [-0.3, -0.25) is 9.78 Å². The summed E-state index contributed by atoms with van der Waals surface area (Å²) in [5.41, 5.74) is 3.38. The minimum Gasteiger partial charge on any atom is -0.324 e. The first kappa shape index (κ1) is 15.5. The molecule has 0 aliphatic carbocycles. The van der Waals surface area contributed by atoms with Crippen LogP contribution < -0.4 is 5.32 Å². The van der Waals surface area contributed by atoms with Crippen molar-refractivity contribution >= 4 is 34.0 Å². The van der Waals surface area contributed by atoms with E-state index in [4.69, 9.17) is 0 Å². The van der Waals surface area contributed by atoms with Crippen molar-refractivity contribution < 1.29 is 4.79 Å². The lowest BCUT2D eigenvalue weighted by molar-refractivity contribution is -0.116. The summed E-state index contributed by atoms with van der Waals surface area (Å²) >= 11 is 1.67. The van der Waals surface area contributed by atoms with Gasteiger partial charge in [0.15, 0.2) is 5.65 Å². The molecule has 124 valence electrons. The number of aryl methyl sites for hydroxylation is 1. The number of amides is 1. The summed E-state index contributed by atoms with van der Waals surface area (Å²) in [5.74, 6) is -0.154. The fourth-order valence-corrected chi connectivity index (χ4v) is 3.56. The molecule has 0 saturated carbocycles. The van der Waals surface area contributed by atoms with Crippen molar-refractivity contribution in [1.82, 2.24) is 19.7 Å². The smallest absolute Gasteiger partial charge is 0.246 e. The number of nitrogens with one attached hydrogen (secondary N) is 1. The summed E-state index contributed by atoms with van der Waals surface area (Å²) in [6.45, 7) is 2.05. The van der Waals surface area contributed by atoms with E-state index < -0.39 is 0 Å². The van der Waals surface area contributed by atoms with E-state index in [1.807, 2.05) is 24.4 Å². The van der Waals surface area contributed by atoms with Gasteiger partial charge in [-0.15, -0.1) is 11.3 Å². The quantitative estimate of drug-likeness (QED) is 0.612. The van der Waals surface area contributed by atoms with Gasteiger partial charge in [0.25, 0.3) is 0 Å². The molecule has 0 bridgehead atoms. The Bertz CT molecular complexity index is 1020. The first-order valence-corrected chi connectivity index (χ1v) is 8.66. The fraction of sp³-hybridized carbons (Fsp3) is 0.111. The number of aromatic nitrogens is 4. The predicted molar refractivity (Wildman–Crippen MR) is 98.4 cm³/mol. The average molecular weight is 349 g/mol. The van der Waals surface area contributed by atoms with Crippen LogP contribution in [0.25, 0.3) is 21.5 Å². The zero-order chi connectivity index (χ0) is 17.2. The van der Waals surface area contributed by atoms with Crippen LogP contribution in [0.5, 0.6) is 0 Å². The lowest BCUT2D eigenvalue weighted by atomic mass is 10.1. The SMILES string of the molecule is Cc1nn(CC(=O)Nc2ccncc2)c2nccc(-c3cccs3)c12. The molecule has 0 aliphatic rings. The molecule has 0 atom stereocenters. The monoisotopic (exact) mass is 349 g/mol. The Hall–Kier alpha value is -3.06. The zero-order valence-electron chi connectivity index (χ0n) is 13.5. The number of fused-ring (bicyclic) bond motifs is 1. The second-order valence-corrected chi connectivity index (χ2v) is 6.51. The standard InChI is InChI=1S/C18H15N5OS/c1-12-17-14(15-3-2-10-25-15)6-9-20-18(17)23(22-12)11-16(24)21-13-4-7-19-8-5-13/h2-10H,11H2,1H3,(H,19,21,24). The molecule has 4 rings (SSSR count). The second-order valence-electron chi connectivity index (χ2n) is 5.56. The van der Waals surface area contributed by atoms with Crippen LogP contribution in [0.1, 0.15) is 5.69 Å². The zero-order valence-corrected chi connectivity index (χ0v) is 14.3. The maximum Gasteiger partial charge on any atom is 0.246 e. The van der Waals surface area contributed by atoms with Crippen LogP contribution in [0.3, 0.4) is 0 Å². The van der Waals surface area contributed by atoms with Gasteiger partial charge in [0.1, 0.15) is 6.54 Å². The molecule has 0 spiro atoms. The predicted octanol–water partition coefficient (Wildman–Crippen LogP) is 3.50. The number of rotatable bonds is 4. The van der Waals surface area contributed by atoms with Crippen LogP contribution in [-0.4, -0.2) is 25.7 Å². The molecule has 0 aromatic carbocycles. The lowest BCUT2D eigenvalue weighted by Gasteiger charge is -2.06. The summed E-state index contributed by atoms with van der Waals surface area (Å²) in [7, 11) is 0. The van der Waals surface area contributed by atoms with Crippen molar-refractivity contribution in [3.63, 3.8) is 0 Å². The van der Waals surface area contributed by atoms with Crippen LogP contribution in [-0.2, 0) is 11.3 Å². The van der Waals surface area contributed by atoms with E-state index in [1.54, 1.807) is 46.7 Å². The Morgan fingerprint density at radius 3 is 2.80 bits per heavy atom. The van der Waals surface area contributed by atoms with Crippen molar-refractivity contribution in [2.45, 2.75) is 13.5 Å². The molecule has 1 amide bonds. The van der Waals surface area contributed by atoms with Gasteiger partial charge in [0.05, 0.1) is 11.1 Å². The molecule has 0 radical (unpaired) electrons. The van der Waals surface area contributed by atoms with E-state index in [-0.39, 0.29) is 12.5 Å². The van der Waals surface area contributed by atoms with E-state index in [2.05, 4.69) is 26.4 Å². The minimum atomic E-state index is -0.154. The maximum atomic E-state index is 12.3. The third kappa shape index (κ3) is 3.01. The summed E-state index contributed by atoms with van der Waals surface area (Å²) < 4.78 is 1.65. The van der Waals surface area contributed by atoms with E-state index in [1.165, 1.54) is 0 Å². The number of anilines is 1. The van der Waals surface area contributed by atoms with Crippen molar-refractivity contribution in [3.8, 4) is 10.4 Å². The Morgan fingerprint density at radius 2 is 2.04 bits per heavy atom. The highest BCUT2D eigenvalue weighted by atomic mass is 32.1. The van der Waals surface area contributed by atoms with Crippen LogP contribution in [0.15, 0.2) is 54.3 Å². The van der Waals surface area contributed by atoms with E-state index in [0.29, 0.717) is 11.3 Å². The third-order valence-corrected chi connectivity index (χ3v) is 4.76. The van der Waals surface area contributed by atoms with Gasteiger partial charge in [-0.2, -0.15) is 5.10 Å². The number of pyridine rings is 2. The lowest BCUT2D eigenvalue weighted by Crippen LogP contribution is -2.19. The Kier molecular flexibility index (Phi) is 3.99. The van der Waals surface area contributed by atoms with Crippen molar-refractivity contribution in [3.05, 3.63) is 60.0 Å². The molecule has 0 unspecified atom stereocenters. The average Bonchev–Trinajstić information content (AvgIpc) is 3.25. The highest BCUT2D eigenvalue weighted by molar-refractivity contribution is 7.13. The summed E-state index contributed by atoms with van der Waals surface area (Å²) in [5, 5.41) is 10.4. The summed E-state index contributed by atoms with van der Waals surface area (Å²) in [6, 6.07) is 9.58. The number of carbonyl (C=O) groups excluding carboxylic acids is 1. The van der Waals surface area contributed by atoms with Gasteiger partial charge < -0.3 is 5.32 Å². The molecule has 6 nitrogen and oxygen atoms in total. The Labute approximate surface area is 148 Å². The van der Waals surface area contributed by atoms with E-state index in [9.17, 15) is 4.79 Å². The Balaban J connectivity index is 1.67. The number of hydrogen-bond acceptors (Lipinski definition) is 5. The number of hydrogen-bond donors (Lipinski definition) is 1. The topological polar surface area (TPSA) is 72.7 Å². The van der Waals surface area contributed by atoms with Crippen LogP contribution in [0.4, 0.5) is 5.69 Å². The maximum absolute atomic E-state index is 12.3. The number of carbonyl (C=O) groups is 1. The third-order valence-electron chi connectivity index (χ3n) is 3.85. The van der Waals surface area contributed by atoms with Gasteiger partial charge in [-0.1, -0.05) is 6.07 Å². The highest BCUT2D eigenvalue weighted by Crippen LogP contribution is 2.32. The molecule has 0 aliphatic heterocycles. The van der Waals surface area contributed by atoms with Gasteiger partial charge in [0.2, 0.25) is 5.91 Å². The van der Waals surface area contributed by atoms with Crippen molar-refractivity contribution in [1.29, 1.82) is 0 Å². The summed E-state index contributed by atoms with van der Waals surface area (Å²) in [4.78, 5) is 21.9. The van der Waals surface area contributed by atoms with Crippen molar-refractivity contribution in [2.75, 3.05) is 5.32 Å². The van der Waals surface area contributed by atoms with Gasteiger partial charge in [-0.05, 0) is 36.6 Å². The minimum absolute atomic E-state index is 0.105. The van der Waals surface area contributed by atoms with Crippen LogP contribution in [0, 0.1) is 6.92 Å². The van der Waals surface area contributed by atoms with Gasteiger partial charge in [0, 0.05) is 34.7 Å². The van der Waals surface area contributed by atoms with Crippen LogP contribution in [0.2, 0.25) is 0 Å². The highest BCUT2D eigenvalue weighted by Gasteiger charge is 2.16. The number of nitrogens with zero attached hydrogens (tertiary/aromatic N) is 4. The number of thiophene rings is 1. The molecular formula is C18H15N5OS. The first-order valence-electron chi connectivity index (χ1n) is 7.78. The molecule has 7 heteroatoms. The first-order chi connectivity index (χ1) is 12.2. The fourth-order valence-electron chi connectivity index (χ4n) is 2.80. The van der Waals surface area contributed by atoms with E-state index >= 15 is 0 Å². The molecule has 4 aromatic rings. The molecule has 1 N–H and O–H groups in total. The largest absolute Gasteiger partial charge is 0.324 e.